The minimum absolute atomic E-state index is 0.0309. The van der Waals surface area contributed by atoms with E-state index in [0.717, 1.165) is 55.6 Å². The van der Waals surface area contributed by atoms with Crippen molar-refractivity contribution in [2.24, 2.45) is 5.92 Å². The van der Waals surface area contributed by atoms with Crippen LogP contribution in [-0.2, 0) is 14.3 Å². The van der Waals surface area contributed by atoms with Crippen LogP contribution in [0.15, 0.2) is 30.3 Å². The van der Waals surface area contributed by atoms with Gasteiger partial charge < -0.3 is 20.1 Å². The van der Waals surface area contributed by atoms with E-state index >= 15 is 0 Å². The monoisotopic (exact) mass is 612 g/mol. The van der Waals surface area contributed by atoms with E-state index in [9.17, 15) is 19.5 Å². The molecule has 234 valence electrons. The smallest absolute Gasteiger partial charge is 0.408 e. The van der Waals surface area contributed by atoms with Crippen LogP contribution in [0.2, 0.25) is 0 Å². The van der Waals surface area contributed by atoms with Crippen molar-refractivity contribution in [1.82, 2.24) is 24.3 Å². The van der Waals surface area contributed by atoms with Crippen LogP contribution in [-0.4, -0.2) is 103 Å². The van der Waals surface area contributed by atoms with Gasteiger partial charge in [0.05, 0.1) is 6.10 Å². The molecule has 12 heteroatoms. The number of hydrogen-bond donors (Lipinski definition) is 2. The maximum Gasteiger partial charge on any atom is 0.408 e. The topological polar surface area (TPSA) is 128 Å². The number of anilines is 1. The lowest BCUT2D eigenvalue weighted by Crippen LogP contribution is -2.67. The number of rotatable bonds is 8. The van der Waals surface area contributed by atoms with Crippen molar-refractivity contribution >= 4 is 34.4 Å². The second-order valence-electron chi connectivity index (χ2n) is 12.9. The van der Waals surface area contributed by atoms with Crippen molar-refractivity contribution in [3.8, 4) is 11.3 Å². The van der Waals surface area contributed by atoms with Crippen molar-refractivity contribution in [2.45, 2.75) is 96.0 Å². The zero-order chi connectivity index (χ0) is 30.7. The Kier molecular flexibility index (Phi) is 9.67. The second kappa shape index (κ2) is 13.3. The zero-order valence-electron chi connectivity index (χ0n) is 25.6. The largest absolute Gasteiger partial charge is 0.465 e. The Labute approximate surface area is 257 Å². The summed E-state index contributed by atoms with van der Waals surface area (Å²) in [7, 11) is 0. The SMILES string of the molecule is CCO[C@@H]1C[C@@H]2CN(C(=O)[C@H](C3CCCCC3)N(C(=O)O)C(C)(C)C)[C@H](C(=O)Nc3snnc3-c3ccccc3)CN2C1. The zero-order valence-corrected chi connectivity index (χ0v) is 26.4. The van der Waals surface area contributed by atoms with Gasteiger partial charge in [-0.1, -0.05) is 54.1 Å². The minimum Gasteiger partial charge on any atom is -0.465 e. The Morgan fingerprint density at radius 2 is 1.84 bits per heavy atom. The molecule has 11 nitrogen and oxygen atoms in total. The number of amides is 3. The van der Waals surface area contributed by atoms with E-state index in [1.807, 2.05) is 58.0 Å². The van der Waals surface area contributed by atoms with Crippen LogP contribution in [0, 0.1) is 5.92 Å². The predicted octanol–water partition coefficient (Wildman–Crippen LogP) is 4.56. The molecule has 0 spiro atoms. The fourth-order valence-corrected chi connectivity index (χ4v) is 7.66. The number of ether oxygens (including phenoxy) is 1. The van der Waals surface area contributed by atoms with Gasteiger partial charge in [0.2, 0.25) is 11.8 Å². The molecular formula is C31H44N6O5S. The standard InChI is InChI=1S/C31H44N6O5S/c1-5-42-23-16-22-17-36(29(39)26(21-14-10-7-11-15-21)37(30(40)41)31(2,3)4)24(19-35(22)18-23)27(38)32-28-25(33-34-43-28)20-12-8-6-9-13-20/h6,8-9,12-13,21-24,26H,5,7,10-11,14-19H2,1-4H3,(H,32,38)(H,40,41)/t22-,23-,24+,26+/m1/s1. The molecule has 1 aliphatic carbocycles. The number of nitrogens with one attached hydrogen (secondary N) is 1. The third-order valence-corrected chi connectivity index (χ3v) is 9.64. The van der Waals surface area contributed by atoms with Gasteiger partial charge >= 0.3 is 6.09 Å². The average molecular weight is 613 g/mol. The van der Waals surface area contributed by atoms with Gasteiger partial charge in [-0.3, -0.25) is 19.4 Å². The molecule has 2 aliphatic heterocycles. The third kappa shape index (κ3) is 6.86. The molecule has 3 fully saturated rings. The van der Waals surface area contributed by atoms with E-state index in [0.29, 0.717) is 36.9 Å². The summed E-state index contributed by atoms with van der Waals surface area (Å²) in [6, 6.07) is 7.90. The summed E-state index contributed by atoms with van der Waals surface area (Å²) in [4.78, 5) is 46.9. The molecule has 4 atom stereocenters. The van der Waals surface area contributed by atoms with Crippen molar-refractivity contribution in [2.75, 3.05) is 31.6 Å². The van der Waals surface area contributed by atoms with Crippen LogP contribution < -0.4 is 5.32 Å². The van der Waals surface area contributed by atoms with Gasteiger partial charge in [-0.25, -0.2) is 4.79 Å². The van der Waals surface area contributed by atoms with Crippen LogP contribution >= 0.6 is 11.5 Å². The van der Waals surface area contributed by atoms with Gasteiger partial charge in [0.25, 0.3) is 0 Å². The van der Waals surface area contributed by atoms with Crippen molar-refractivity contribution in [3.63, 3.8) is 0 Å². The molecule has 3 heterocycles. The van der Waals surface area contributed by atoms with Gasteiger partial charge in [0, 0.05) is 54.9 Å². The number of fused-ring (bicyclic) bond motifs is 1. The molecule has 2 saturated heterocycles. The molecular weight excluding hydrogens is 568 g/mol. The normalized spacial score (nSPS) is 23.9. The van der Waals surface area contributed by atoms with Gasteiger partial charge in [0.15, 0.2) is 0 Å². The van der Waals surface area contributed by atoms with Gasteiger partial charge in [0.1, 0.15) is 22.8 Å². The summed E-state index contributed by atoms with van der Waals surface area (Å²) < 4.78 is 10.0. The first kappa shape index (κ1) is 31.3. The maximum absolute atomic E-state index is 14.8. The number of carbonyl (C=O) groups is 3. The second-order valence-corrected chi connectivity index (χ2v) is 13.7. The highest BCUT2D eigenvalue weighted by Gasteiger charge is 2.50. The minimum atomic E-state index is -1.11. The van der Waals surface area contributed by atoms with E-state index in [1.54, 1.807) is 4.90 Å². The molecule has 1 aromatic carbocycles. The lowest BCUT2D eigenvalue weighted by molar-refractivity contribution is -0.151. The quantitative estimate of drug-likeness (QED) is 0.444. The Bertz CT molecular complexity index is 1280. The highest BCUT2D eigenvalue weighted by Crippen LogP contribution is 2.36. The Hall–Kier alpha value is -3.09. The summed E-state index contributed by atoms with van der Waals surface area (Å²) in [6.07, 6.45) is 4.26. The fraction of sp³-hybridized carbons (Fsp3) is 0.645. The maximum atomic E-state index is 14.8. The van der Waals surface area contributed by atoms with E-state index in [4.69, 9.17) is 4.74 Å². The number of nitrogens with zero attached hydrogens (tertiary/aromatic N) is 5. The van der Waals surface area contributed by atoms with Crippen LogP contribution in [0.4, 0.5) is 9.80 Å². The number of piperazine rings is 1. The molecule has 1 aromatic heterocycles. The molecule has 0 unspecified atom stereocenters. The first-order chi connectivity index (χ1) is 20.6. The van der Waals surface area contributed by atoms with Crippen molar-refractivity contribution in [1.29, 1.82) is 0 Å². The summed E-state index contributed by atoms with van der Waals surface area (Å²) >= 11 is 1.10. The summed E-state index contributed by atoms with van der Waals surface area (Å²) in [5, 5.41) is 18.2. The van der Waals surface area contributed by atoms with E-state index in [-0.39, 0.29) is 29.9 Å². The van der Waals surface area contributed by atoms with Crippen molar-refractivity contribution in [3.05, 3.63) is 30.3 Å². The molecule has 2 N–H and O–H groups in total. The molecule has 5 rings (SSSR count). The number of benzene rings is 1. The molecule has 2 aromatic rings. The van der Waals surface area contributed by atoms with Crippen LogP contribution in [0.5, 0.6) is 0 Å². The Morgan fingerprint density at radius 3 is 2.49 bits per heavy atom. The lowest BCUT2D eigenvalue weighted by atomic mass is 9.81. The fourth-order valence-electron chi connectivity index (χ4n) is 7.07. The lowest BCUT2D eigenvalue weighted by Gasteiger charge is -2.48. The Balaban J connectivity index is 1.48. The highest BCUT2D eigenvalue weighted by atomic mass is 32.1. The highest BCUT2D eigenvalue weighted by molar-refractivity contribution is 7.10. The third-order valence-electron chi connectivity index (χ3n) is 9.00. The summed E-state index contributed by atoms with van der Waals surface area (Å²) in [6.45, 7) is 9.44. The Morgan fingerprint density at radius 1 is 1.12 bits per heavy atom. The molecule has 3 amide bonds. The first-order valence-electron chi connectivity index (χ1n) is 15.5. The molecule has 0 bridgehead atoms. The van der Waals surface area contributed by atoms with Crippen LogP contribution in [0.3, 0.4) is 0 Å². The van der Waals surface area contributed by atoms with Gasteiger partial charge in [-0.05, 0) is 52.9 Å². The van der Waals surface area contributed by atoms with E-state index < -0.39 is 23.7 Å². The van der Waals surface area contributed by atoms with Crippen LogP contribution in [0.25, 0.3) is 11.3 Å². The van der Waals surface area contributed by atoms with Crippen LogP contribution in [0.1, 0.15) is 66.2 Å². The molecule has 3 aliphatic rings. The van der Waals surface area contributed by atoms with E-state index in [2.05, 4.69) is 19.8 Å². The summed E-state index contributed by atoms with van der Waals surface area (Å²) in [5.41, 5.74) is 0.616. The van der Waals surface area contributed by atoms with E-state index in [1.165, 1.54) is 4.90 Å². The summed E-state index contributed by atoms with van der Waals surface area (Å²) in [5.74, 6) is -0.710. The number of carbonyl (C=O) groups excluding carboxylic acids is 2. The first-order valence-corrected chi connectivity index (χ1v) is 16.2. The van der Waals surface area contributed by atoms with Gasteiger partial charge in [-0.15, -0.1) is 5.10 Å². The number of hydrogen-bond acceptors (Lipinski definition) is 8. The molecule has 43 heavy (non-hydrogen) atoms. The average Bonchev–Trinajstić information content (AvgIpc) is 3.61. The molecule has 0 radical (unpaired) electrons. The predicted molar refractivity (Wildman–Crippen MR) is 165 cm³/mol. The van der Waals surface area contributed by atoms with Gasteiger partial charge in [-0.2, -0.15) is 0 Å². The molecule has 1 saturated carbocycles. The number of carboxylic acid groups (broad SMARTS) is 1. The van der Waals surface area contributed by atoms with Crippen molar-refractivity contribution < 1.29 is 24.2 Å². The number of aromatic nitrogens is 2.